The van der Waals surface area contributed by atoms with E-state index in [9.17, 15) is 9.59 Å². The van der Waals surface area contributed by atoms with Crippen LogP contribution in [0.4, 0.5) is 5.69 Å². The summed E-state index contributed by atoms with van der Waals surface area (Å²) < 4.78 is 11.5. The highest BCUT2D eigenvalue weighted by atomic mass is 127. The average Bonchev–Trinajstić information content (AvgIpc) is 3.17. The lowest BCUT2D eigenvalue weighted by Crippen LogP contribution is -2.32. The number of aliphatic carboxylic acids is 1. The maximum atomic E-state index is 13.6. The van der Waals surface area contributed by atoms with Crippen LogP contribution in [0.3, 0.4) is 0 Å². The third-order valence-corrected chi connectivity index (χ3v) is 7.16. The van der Waals surface area contributed by atoms with Gasteiger partial charge in [-0.15, -0.1) is 0 Å². The van der Waals surface area contributed by atoms with Gasteiger partial charge in [-0.05, 0) is 82.7 Å². The summed E-state index contributed by atoms with van der Waals surface area (Å²) in [4.78, 5) is 31.6. The highest BCUT2D eigenvalue weighted by molar-refractivity contribution is 14.1. The predicted octanol–water partition coefficient (Wildman–Crippen LogP) is 6.13. The van der Waals surface area contributed by atoms with E-state index in [1.54, 1.807) is 17.0 Å². The first-order chi connectivity index (χ1) is 17.4. The molecular weight excluding hydrogens is 591 g/mol. The molecule has 36 heavy (non-hydrogen) atoms. The number of benzene rings is 3. The Hall–Kier alpha value is -3.31. The molecule has 0 aromatic heterocycles. The van der Waals surface area contributed by atoms with E-state index in [-0.39, 0.29) is 11.9 Å². The van der Waals surface area contributed by atoms with Gasteiger partial charge in [0.05, 0.1) is 27.3 Å². The Balaban J connectivity index is 1.72. The molecule has 1 amide bonds. The number of amides is 1. The second-order valence-corrected chi connectivity index (χ2v) is 9.99. The third kappa shape index (κ3) is 5.90. The van der Waals surface area contributed by atoms with Crippen molar-refractivity contribution in [2.24, 2.45) is 4.99 Å². The summed E-state index contributed by atoms with van der Waals surface area (Å²) in [5, 5.41) is 9.55. The number of thioether (sulfide) groups is 1. The van der Waals surface area contributed by atoms with Crippen LogP contribution in [0.15, 0.2) is 82.7 Å². The second kappa shape index (κ2) is 11.6. The van der Waals surface area contributed by atoms with Crippen LogP contribution in [-0.2, 0) is 9.59 Å². The standard InChI is InChI=1S/C27H23IN2O5S/c1-17(19-9-5-3-6-10-19)30-26(33)23(36-27(30)29-20-11-7-4-8-12-20)15-18-13-21(28)25(22(14-18)34-2)35-16-24(31)32/h3-15,17H,16H2,1-2H3,(H,31,32)/b23-15+,29-27?/t17-/m1/s1. The molecule has 184 valence electrons. The number of hydrogen-bond acceptors (Lipinski definition) is 6. The number of carbonyl (C=O) groups is 2. The minimum absolute atomic E-state index is 0.147. The molecule has 0 radical (unpaired) electrons. The van der Waals surface area contributed by atoms with Crippen LogP contribution in [0.2, 0.25) is 0 Å². The van der Waals surface area contributed by atoms with E-state index in [1.165, 1.54) is 18.9 Å². The van der Waals surface area contributed by atoms with Crippen molar-refractivity contribution in [3.8, 4) is 11.5 Å². The van der Waals surface area contributed by atoms with E-state index in [4.69, 9.17) is 19.6 Å². The van der Waals surface area contributed by atoms with Crippen LogP contribution in [0, 0.1) is 3.57 Å². The van der Waals surface area contributed by atoms with Crippen molar-refractivity contribution in [3.05, 3.63) is 92.4 Å². The van der Waals surface area contributed by atoms with E-state index in [0.29, 0.717) is 25.1 Å². The van der Waals surface area contributed by atoms with Gasteiger partial charge in [-0.2, -0.15) is 0 Å². The number of aliphatic imine (C=N–C) groups is 1. The van der Waals surface area contributed by atoms with E-state index >= 15 is 0 Å². The molecular formula is C27H23IN2O5S. The first kappa shape index (κ1) is 25.8. The van der Waals surface area contributed by atoms with Crippen molar-refractivity contribution in [3.63, 3.8) is 0 Å². The van der Waals surface area contributed by atoms with Gasteiger partial charge in [0.2, 0.25) is 0 Å². The normalized spacial score (nSPS) is 16.4. The molecule has 9 heteroatoms. The number of halogens is 1. The summed E-state index contributed by atoms with van der Waals surface area (Å²) in [6.45, 7) is 1.50. The molecule has 7 nitrogen and oxygen atoms in total. The van der Waals surface area contributed by atoms with Crippen molar-refractivity contribution in [2.45, 2.75) is 13.0 Å². The van der Waals surface area contributed by atoms with Gasteiger partial charge in [-0.1, -0.05) is 48.5 Å². The fourth-order valence-electron chi connectivity index (χ4n) is 3.65. The summed E-state index contributed by atoms with van der Waals surface area (Å²) in [7, 11) is 1.49. The molecule has 0 bridgehead atoms. The highest BCUT2D eigenvalue weighted by Gasteiger charge is 2.37. The summed E-state index contributed by atoms with van der Waals surface area (Å²) in [6.07, 6.45) is 1.79. The smallest absolute Gasteiger partial charge is 0.341 e. The molecule has 1 heterocycles. The topological polar surface area (TPSA) is 88.4 Å². The van der Waals surface area contributed by atoms with Gasteiger partial charge in [-0.25, -0.2) is 9.79 Å². The van der Waals surface area contributed by atoms with Gasteiger partial charge >= 0.3 is 5.97 Å². The zero-order valence-electron chi connectivity index (χ0n) is 19.6. The number of para-hydroxylation sites is 1. The van der Waals surface area contributed by atoms with Gasteiger partial charge in [0.25, 0.3) is 5.91 Å². The fourth-order valence-corrected chi connectivity index (χ4v) is 5.50. The van der Waals surface area contributed by atoms with E-state index in [0.717, 1.165) is 16.8 Å². The SMILES string of the molecule is COc1cc(/C=C2/SC(=Nc3ccccc3)N([C@H](C)c3ccccc3)C2=O)cc(I)c1OCC(=O)O. The van der Waals surface area contributed by atoms with Gasteiger partial charge in [0, 0.05) is 0 Å². The molecule has 0 unspecified atom stereocenters. The average molecular weight is 614 g/mol. The molecule has 1 fully saturated rings. The number of carboxylic acid groups (broad SMARTS) is 1. The zero-order valence-corrected chi connectivity index (χ0v) is 22.5. The van der Waals surface area contributed by atoms with Crippen molar-refractivity contribution in [1.82, 2.24) is 4.90 Å². The molecule has 1 saturated heterocycles. The Bertz CT molecular complexity index is 1330. The van der Waals surface area contributed by atoms with Crippen molar-refractivity contribution >= 4 is 63.2 Å². The Kier molecular flexibility index (Phi) is 8.32. The lowest BCUT2D eigenvalue weighted by atomic mass is 10.1. The first-order valence-corrected chi connectivity index (χ1v) is 12.9. The van der Waals surface area contributed by atoms with Gasteiger partial charge in [-0.3, -0.25) is 9.69 Å². The second-order valence-electron chi connectivity index (χ2n) is 7.82. The van der Waals surface area contributed by atoms with Crippen LogP contribution < -0.4 is 9.47 Å². The minimum atomic E-state index is -1.08. The number of nitrogens with zero attached hydrogens (tertiary/aromatic N) is 2. The molecule has 0 saturated carbocycles. The number of methoxy groups -OCH3 is 1. The number of rotatable bonds is 8. The summed E-state index contributed by atoms with van der Waals surface area (Å²) in [5.74, 6) is -0.493. The Morgan fingerprint density at radius 2 is 1.81 bits per heavy atom. The van der Waals surface area contributed by atoms with Crippen LogP contribution >= 0.6 is 34.4 Å². The minimum Gasteiger partial charge on any atom is -0.493 e. The number of hydrogen-bond donors (Lipinski definition) is 1. The Morgan fingerprint density at radius 1 is 1.14 bits per heavy atom. The zero-order chi connectivity index (χ0) is 25.7. The molecule has 0 spiro atoms. The van der Waals surface area contributed by atoms with Crippen molar-refractivity contribution in [1.29, 1.82) is 0 Å². The molecule has 1 N–H and O–H groups in total. The molecule has 3 aromatic carbocycles. The molecule has 1 aliphatic rings. The van der Waals surface area contributed by atoms with Gasteiger partial charge < -0.3 is 14.6 Å². The van der Waals surface area contributed by atoms with Crippen LogP contribution in [0.1, 0.15) is 24.1 Å². The number of ether oxygens (including phenoxy) is 2. The monoisotopic (exact) mass is 614 g/mol. The van der Waals surface area contributed by atoms with E-state index in [1.807, 2.05) is 73.7 Å². The highest BCUT2D eigenvalue weighted by Crippen LogP contribution is 2.40. The van der Waals surface area contributed by atoms with Gasteiger partial charge in [0.15, 0.2) is 23.3 Å². The largest absolute Gasteiger partial charge is 0.493 e. The summed E-state index contributed by atoms with van der Waals surface area (Å²) >= 11 is 3.37. The third-order valence-electron chi connectivity index (χ3n) is 5.38. The van der Waals surface area contributed by atoms with Crippen molar-refractivity contribution < 1.29 is 24.2 Å². The molecule has 1 atom stereocenters. The van der Waals surface area contributed by atoms with E-state index in [2.05, 4.69) is 22.6 Å². The lowest BCUT2D eigenvalue weighted by molar-refractivity contribution is -0.139. The summed E-state index contributed by atoms with van der Waals surface area (Å²) in [5.41, 5.74) is 2.49. The fraction of sp³-hybridized carbons (Fsp3) is 0.148. The van der Waals surface area contributed by atoms with Crippen molar-refractivity contribution in [2.75, 3.05) is 13.7 Å². The molecule has 0 aliphatic carbocycles. The number of amidine groups is 1. The van der Waals surface area contributed by atoms with E-state index < -0.39 is 12.6 Å². The molecule has 4 rings (SSSR count). The Labute approximate surface area is 227 Å². The Morgan fingerprint density at radius 3 is 2.44 bits per heavy atom. The molecule has 3 aromatic rings. The van der Waals surface area contributed by atoms with Crippen LogP contribution in [0.5, 0.6) is 11.5 Å². The van der Waals surface area contributed by atoms with Gasteiger partial charge in [0.1, 0.15) is 0 Å². The first-order valence-electron chi connectivity index (χ1n) is 11.0. The van der Waals surface area contributed by atoms with Crippen LogP contribution in [0.25, 0.3) is 6.08 Å². The predicted molar refractivity (Wildman–Crippen MR) is 150 cm³/mol. The summed E-state index contributed by atoms with van der Waals surface area (Å²) in [6, 6.07) is 22.7. The molecule has 1 aliphatic heterocycles. The maximum absolute atomic E-state index is 13.6. The lowest BCUT2D eigenvalue weighted by Gasteiger charge is -2.24. The van der Waals surface area contributed by atoms with Crippen LogP contribution in [-0.4, -0.2) is 40.8 Å². The quantitative estimate of drug-likeness (QED) is 0.243. The number of carboxylic acids is 1. The maximum Gasteiger partial charge on any atom is 0.341 e. The number of carbonyl (C=O) groups excluding carboxylic acids is 1.